The van der Waals surface area contributed by atoms with Crippen LogP contribution in [-0.2, 0) is 19.3 Å². The molecule has 0 saturated heterocycles. The van der Waals surface area contributed by atoms with Crippen LogP contribution in [-0.4, -0.2) is 0 Å². The molecule has 0 radical (unpaired) electrons. The summed E-state index contributed by atoms with van der Waals surface area (Å²) in [4.78, 5) is 0. The Morgan fingerprint density at radius 3 is 2.07 bits per heavy atom. The van der Waals surface area contributed by atoms with Crippen molar-refractivity contribution in [1.82, 2.24) is 0 Å². The van der Waals surface area contributed by atoms with Crippen molar-refractivity contribution in [2.24, 2.45) is 0 Å². The summed E-state index contributed by atoms with van der Waals surface area (Å²) in [6.07, 6.45) is 7.48. The van der Waals surface area contributed by atoms with Crippen molar-refractivity contribution in [3.8, 4) is 22.3 Å². The minimum Gasteiger partial charge on any atom is -0.206 e. The fraction of sp³-hybridized carbons (Fsp3) is 0.308. The molecule has 0 aromatic heterocycles. The van der Waals surface area contributed by atoms with E-state index in [2.05, 4.69) is 25.1 Å². The molecule has 0 heterocycles. The molecule has 0 N–H and O–H groups in total. The van der Waals surface area contributed by atoms with E-state index in [1.165, 1.54) is 42.9 Å². The molecular weight excluding hydrogens is 388 g/mol. The Morgan fingerprint density at radius 1 is 0.667 bits per heavy atom. The zero-order valence-electron chi connectivity index (χ0n) is 17.0. The average Bonchev–Trinajstić information content (AvgIpc) is 2.74. The van der Waals surface area contributed by atoms with Gasteiger partial charge in [-0.1, -0.05) is 44.4 Å². The minimum atomic E-state index is -1.54. The molecule has 0 amide bonds. The predicted molar refractivity (Wildman–Crippen MR) is 112 cm³/mol. The molecule has 1 aliphatic carbocycles. The molecule has 3 aromatic carbocycles. The van der Waals surface area contributed by atoms with Gasteiger partial charge in [-0.25, -0.2) is 17.6 Å². The van der Waals surface area contributed by atoms with E-state index in [9.17, 15) is 17.6 Å². The Morgan fingerprint density at radius 2 is 1.37 bits per heavy atom. The first kappa shape index (κ1) is 20.6. The monoisotopic (exact) mass is 412 g/mol. The van der Waals surface area contributed by atoms with E-state index in [0.717, 1.165) is 48.1 Å². The minimum absolute atomic E-state index is 0.0000703. The SMILES string of the molecule is CCCCCCc1ccc2c(c1)CCc1cc(-c3cc(F)c(F)c(F)c3)c(F)cc1-2. The molecule has 30 heavy (non-hydrogen) atoms. The van der Waals surface area contributed by atoms with Crippen LogP contribution in [0, 0.1) is 23.3 Å². The Kier molecular flexibility index (Phi) is 5.94. The zero-order chi connectivity index (χ0) is 21.3. The van der Waals surface area contributed by atoms with E-state index in [-0.39, 0.29) is 11.1 Å². The Bertz CT molecular complexity index is 1060. The van der Waals surface area contributed by atoms with E-state index in [1.54, 1.807) is 6.07 Å². The normalized spacial score (nSPS) is 12.6. The van der Waals surface area contributed by atoms with Gasteiger partial charge in [-0.3, -0.25) is 0 Å². The second kappa shape index (κ2) is 8.63. The van der Waals surface area contributed by atoms with Gasteiger partial charge in [0.25, 0.3) is 0 Å². The first-order chi connectivity index (χ1) is 14.5. The fourth-order valence-electron chi connectivity index (χ4n) is 4.31. The lowest BCUT2D eigenvalue weighted by Crippen LogP contribution is -2.06. The first-order valence-electron chi connectivity index (χ1n) is 10.6. The highest BCUT2D eigenvalue weighted by Crippen LogP contribution is 2.38. The van der Waals surface area contributed by atoms with Crippen LogP contribution in [0.3, 0.4) is 0 Å². The average molecular weight is 412 g/mol. The van der Waals surface area contributed by atoms with Crippen molar-refractivity contribution in [3.05, 3.63) is 82.4 Å². The van der Waals surface area contributed by atoms with E-state index >= 15 is 0 Å². The molecule has 0 atom stereocenters. The van der Waals surface area contributed by atoms with E-state index in [1.807, 2.05) is 0 Å². The maximum Gasteiger partial charge on any atom is 0.194 e. The van der Waals surface area contributed by atoms with Crippen molar-refractivity contribution >= 4 is 0 Å². The molecule has 0 saturated carbocycles. The number of fused-ring (bicyclic) bond motifs is 3. The summed E-state index contributed by atoms with van der Waals surface area (Å²) in [5, 5.41) is 0. The number of aryl methyl sites for hydroxylation is 3. The number of rotatable bonds is 6. The van der Waals surface area contributed by atoms with E-state index < -0.39 is 23.3 Å². The Balaban J connectivity index is 1.66. The van der Waals surface area contributed by atoms with Crippen LogP contribution in [0.2, 0.25) is 0 Å². The largest absolute Gasteiger partial charge is 0.206 e. The molecule has 0 bridgehead atoms. The van der Waals surface area contributed by atoms with Gasteiger partial charge in [0.05, 0.1) is 0 Å². The number of hydrogen-bond donors (Lipinski definition) is 0. The van der Waals surface area contributed by atoms with Gasteiger partial charge >= 0.3 is 0 Å². The number of hydrogen-bond acceptors (Lipinski definition) is 0. The van der Waals surface area contributed by atoms with E-state index in [0.29, 0.717) is 0 Å². The van der Waals surface area contributed by atoms with E-state index in [4.69, 9.17) is 0 Å². The van der Waals surface area contributed by atoms with Crippen LogP contribution in [0.25, 0.3) is 22.3 Å². The summed E-state index contributed by atoms with van der Waals surface area (Å²) < 4.78 is 55.4. The second-order valence-electron chi connectivity index (χ2n) is 8.05. The molecule has 0 aliphatic heterocycles. The van der Waals surface area contributed by atoms with Crippen LogP contribution in [0.5, 0.6) is 0 Å². The summed E-state index contributed by atoms with van der Waals surface area (Å²) in [5.74, 6) is -4.76. The summed E-state index contributed by atoms with van der Waals surface area (Å²) >= 11 is 0. The van der Waals surface area contributed by atoms with Crippen molar-refractivity contribution in [1.29, 1.82) is 0 Å². The third-order valence-corrected chi connectivity index (χ3v) is 5.93. The highest BCUT2D eigenvalue weighted by atomic mass is 19.2. The molecular formula is C26H24F4. The lowest BCUT2D eigenvalue weighted by atomic mass is 9.83. The number of halogens is 4. The highest BCUT2D eigenvalue weighted by Gasteiger charge is 2.21. The molecule has 1 aliphatic rings. The second-order valence-corrected chi connectivity index (χ2v) is 8.05. The Labute approximate surface area is 174 Å². The molecule has 4 rings (SSSR count). The van der Waals surface area contributed by atoms with Gasteiger partial charge in [0.2, 0.25) is 0 Å². The Hall–Kier alpha value is -2.62. The molecule has 4 heteroatoms. The van der Waals surface area contributed by atoms with Crippen molar-refractivity contribution < 1.29 is 17.6 Å². The van der Waals surface area contributed by atoms with Gasteiger partial charge in [-0.05, 0) is 83.3 Å². The molecule has 0 nitrogen and oxygen atoms in total. The highest BCUT2D eigenvalue weighted by molar-refractivity contribution is 5.78. The maximum absolute atomic E-state index is 14.9. The lowest BCUT2D eigenvalue weighted by molar-refractivity contribution is 0.447. The van der Waals surface area contributed by atoms with Crippen molar-refractivity contribution in [2.75, 3.05) is 0 Å². The quantitative estimate of drug-likeness (QED) is 0.220. The number of unbranched alkanes of at least 4 members (excludes halogenated alkanes) is 3. The van der Waals surface area contributed by atoms with Gasteiger partial charge in [-0.2, -0.15) is 0 Å². The molecule has 0 fully saturated rings. The lowest BCUT2D eigenvalue weighted by Gasteiger charge is -2.22. The molecule has 0 spiro atoms. The predicted octanol–water partition coefficient (Wildman–Crippen LogP) is 7.80. The summed E-state index contributed by atoms with van der Waals surface area (Å²) in [7, 11) is 0. The third kappa shape index (κ3) is 4.00. The fourth-order valence-corrected chi connectivity index (χ4v) is 4.31. The smallest absolute Gasteiger partial charge is 0.194 e. The van der Waals surface area contributed by atoms with Gasteiger partial charge < -0.3 is 0 Å². The maximum atomic E-state index is 14.9. The third-order valence-electron chi connectivity index (χ3n) is 5.93. The van der Waals surface area contributed by atoms with Crippen molar-refractivity contribution in [3.63, 3.8) is 0 Å². The first-order valence-corrected chi connectivity index (χ1v) is 10.6. The van der Waals surface area contributed by atoms with Crippen LogP contribution in [0.1, 0.15) is 49.3 Å². The van der Waals surface area contributed by atoms with Crippen LogP contribution in [0.4, 0.5) is 17.6 Å². The topological polar surface area (TPSA) is 0 Å². The summed E-state index contributed by atoms with van der Waals surface area (Å²) in [6, 6.07) is 11.1. The summed E-state index contributed by atoms with van der Waals surface area (Å²) in [5.41, 5.74) is 5.36. The van der Waals surface area contributed by atoms with Gasteiger partial charge in [-0.15, -0.1) is 0 Å². The van der Waals surface area contributed by atoms with Crippen LogP contribution >= 0.6 is 0 Å². The summed E-state index contributed by atoms with van der Waals surface area (Å²) in [6.45, 7) is 2.20. The standard InChI is InChI=1S/C26H24F4/c1-2-3-4-5-6-16-7-10-20-17(11-16)8-9-18-12-22(23(27)15-21(18)20)19-13-24(28)26(30)25(29)14-19/h7,10-15H,2-6,8-9H2,1H3. The van der Waals surface area contributed by atoms with Crippen LogP contribution < -0.4 is 0 Å². The molecule has 0 unspecified atom stereocenters. The van der Waals surface area contributed by atoms with Gasteiger partial charge in [0.15, 0.2) is 17.5 Å². The molecule has 3 aromatic rings. The van der Waals surface area contributed by atoms with Gasteiger partial charge in [0, 0.05) is 5.56 Å². The zero-order valence-corrected chi connectivity index (χ0v) is 17.0. The van der Waals surface area contributed by atoms with Gasteiger partial charge in [0.1, 0.15) is 5.82 Å². The van der Waals surface area contributed by atoms with Crippen LogP contribution in [0.15, 0.2) is 42.5 Å². The van der Waals surface area contributed by atoms with Crippen molar-refractivity contribution in [2.45, 2.75) is 51.9 Å². The molecule has 156 valence electrons. The number of benzene rings is 3.